The molecule has 1 aromatic carbocycles. The average molecular weight is 248 g/mol. The first-order chi connectivity index (χ1) is 8.74. The molecule has 1 unspecified atom stereocenters. The van der Waals surface area contributed by atoms with Crippen LogP contribution in [0.5, 0.6) is 0 Å². The summed E-state index contributed by atoms with van der Waals surface area (Å²) in [5, 5.41) is 0. The van der Waals surface area contributed by atoms with Crippen molar-refractivity contribution in [1.29, 1.82) is 0 Å². The molecule has 0 heterocycles. The summed E-state index contributed by atoms with van der Waals surface area (Å²) >= 11 is 0. The number of hydrogen-bond donors (Lipinski definition) is 0. The van der Waals surface area contributed by atoms with Crippen molar-refractivity contribution in [2.45, 2.75) is 52.4 Å². The second-order valence-corrected chi connectivity index (χ2v) is 5.51. The molecular formula is C17H28O. The van der Waals surface area contributed by atoms with Crippen LogP contribution in [0, 0.1) is 5.92 Å². The molecule has 0 N–H and O–H groups in total. The summed E-state index contributed by atoms with van der Waals surface area (Å²) in [7, 11) is 0. The largest absolute Gasteiger partial charge is 0.381 e. The molecule has 1 atom stereocenters. The third kappa shape index (κ3) is 6.20. The summed E-state index contributed by atoms with van der Waals surface area (Å²) in [4.78, 5) is 0. The van der Waals surface area contributed by atoms with E-state index in [1.807, 2.05) is 0 Å². The fourth-order valence-corrected chi connectivity index (χ4v) is 2.08. The molecule has 1 rings (SSSR count). The zero-order valence-electron chi connectivity index (χ0n) is 12.2. The molecule has 0 saturated carbocycles. The number of rotatable bonds is 9. The lowest BCUT2D eigenvalue weighted by atomic mass is 9.92. The molecule has 1 aromatic rings. The van der Waals surface area contributed by atoms with Crippen molar-refractivity contribution in [3.05, 3.63) is 35.9 Å². The van der Waals surface area contributed by atoms with Gasteiger partial charge in [0.1, 0.15) is 0 Å². The van der Waals surface area contributed by atoms with Gasteiger partial charge in [-0.1, -0.05) is 63.9 Å². The van der Waals surface area contributed by atoms with Crippen molar-refractivity contribution in [2.75, 3.05) is 13.2 Å². The minimum absolute atomic E-state index is 0.561. The van der Waals surface area contributed by atoms with E-state index >= 15 is 0 Å². The van der Waals surface area contributed by atoms with E-state index in [0.29, 0.717) is 5.92 Å². The van der Waals surface area contributed by atoms with Crippen LogP contribution in [-0.4, -0.2) is 13.2 Å². The second-order valence-electron chi connectivity index (χ2n) is 5.51. The van der Waals surface area contributed by atoms with E-state index in [2.05, 4.69) is 51.1 Å². The first-order valence-corrected chi connectivity index (χ1v) is 7.36. The van der Waals surface area contributed by atoms with Crippen molar-refractivity contribution >= 4 is 0 Å². The van der Waals surface area contributed by atoms with Crippen LogP contribution in [0.3, 0.4) is 0 Å². The van der Waals surface area contributed by atoms with Crippen LogP contribution in [-0.2, 0) is 4.74 Å². The summed E-state index contributed by atoms with van der Waals surface area (Å²) in [6.45, 7) is 8.56. The standard InChI is InChI=1S/C17H28O/c1-4-5-13-18-14-17(12-11-15(2)3)16-9-7-6-8-10-16/h6-10,15,17H,4-5,11-14H2,1-3H3. The highest BCUT2D eigenvalue weighted by Gasteiger charge is 2.12. The normalized spacial score (nSPS) is 12.9. The number of hydrogen-bond acceptors (Lipinski definition) is 1. The number of ether oxygens (including phenoxy) is 1. The molecule has 0 amide bonds. The molecule has 0 aliphatic heterocycles. The van der Waals surface area contributed by atoms with Crippen molar-refractivity contribution < 1.29 is 4.74 Å². The van der Waals surface area contributed by atoms with Crippen LogP contribution in [0.15, 0.2) is 30.3 Å². The van der Waals surface area contributed by atoms with Gasteiger partial charge in [0.2, 0.25) is 0 Å². The lowest BCUT2D eigenvalue weighted by Gasteiger charge is -2.18. The van der Waals surface area contributed by atoms with Gasteiger partial charge in [-0.25, -0.2) is 0 Å². The molecule has 0 fully saturated rings. The minimum Gasteiger partial charge on any atom is -0.381 e. The van der Waals surface area contributed by atoms with Gasteiger partial charge in [-0.2, -0.15) is 0 Å². The molecule has 0 aliphatic rings. The zero-order valence-corrected chi connectivity index (χ0v) is 12.2. The molecule has 1 nitrogen and oxygen atoms in total. The predicted molar refractivity (Wildman–Crippen MR) is 79.0 cm³/mol. The third-order valence-electron chi connectivity index (χ3n) is 3.32. The minimum atomic E-state index is 0.561. The summed E-state index contributed by atoms with van der Waals surface area (Å²) < 4.78 is 5.82. The van der Waals surface area contributed by atoms with Gasteiger partial charge in [0.05, 0.1) is 6.61 Å². The Labute approximate surface area is 113 Å². The summed E-state index contributed by atoms with van der Waals surface area (Å²) in [6, 6.07) is 10.8. The maximum Gasteiger partial charge on any atom is 0.0534 e. The SMILES string of the molecule is CCCCOCC(CCC(C)C)c1ccccc1. The van der Waals surface area contributed by atoms with E-state index in [1.165, 1.54) is 31.2 Å². The quantitative estimate of drug-likeness (QED) is 0.557. The highest BCUT2D eigenvalue weighted by atomic mass is 16.5. The lowest BCUT2D eigenvalue weighted by molar-refractivity contribution is 0.113. The maximum absolute atomic E-state index is 5.82. The average Bonchev–Trinajstić information content (AvgIpc) is 2.38. The lowest BCUT2D eigenvalue weighted by Crippen LogP contribution is -2.10. The highest BCUT2D eigenvalue weighted by molar-refractivity contribution is 5.19. The summed E-state index contributed by atoms with van der Waals surface area (Å²) in [6.07, 6.45) is 4.89. The Morgan fingerprint density at radius 2 is 1.78 bits per heavy atom. The second kappa shape index (κ2) is 9.16. The highest BCUT2D eigenvalue weighted by Crippen LogP contribution is 2.23. The molecule has 1 heteroatoms. The van der Waals surface area contributed by atoms with Crippen LogP contribution in [0.1, 0.15) is 57.9 Å². The van der Waals surface area contributed by atoms with Crippen LogP contribution >= 0.6 is 0 Å². The Kier molecular flexibility index (Phi) is 7.75. The topological polar surface area (TPSA) is 9.23 Å². The molecule has 102 valence electrons. The van der Waals surface area contributed by atoms with E-state index in [1.54, 1.807) is 0 Å². The van der Waals surface area contributed by atoms with Crippen LogP contribution in [0.4, 0.5) is 0 Å². The Bertz CT molecular complexity index is 292. The molecular weight excluding hydrogens is 220 g/mol. The summed E-state index contributed by atoms with van der Waals surface area (Å²) in [5.74, 6) is 1.33. The Hall–Kier alpha value is -0.820. The fraction of sp³-hybridized carbons (Fsp3) is 0.647. The molecule has 18 heavy (non-hydrogen) atoms. The van der Waals surface area contributed by atoms with Gasteiger partial charge in [-0.15, -0.1) is 0 Å². The van der Waals surface area contributed by atoms with Gasteiger partial charge in [-0.05, 0) is 24.3 Å². The maximum atomic E-state index is 5.82. The number of benzene rings is 1. The van der Waals surface area contributed by atoms with E-state index in [9.17, 15) is 0 Å². The molecule has 0 bridgehead atoms. The van der Waals surface area contributed by atoms with E-state index in [-0.39, 0.29) is 0 Å². The Morgan fingerprint density at radius 3 is 2.39 bits per heavy atom. The summed E-state index contributed by atoms with van der Waals surface area (Å²) in [5.41, 5.74) is 1.43. The van der Waals surface area contributed by atoms with Gasteiger partial charge in [0.25, 0.3) is 0 Å². The van der Waals surface area contributed by atoms with Crippen molar-refractivity contribution in [1.82, 2.24) is 0 Å². The Morgan fingerprint density at radius 1 is 1.06 bits per heavy atom. The zero-order chi connectivity index (χ0) is 13.2. The Balaban J connectivity index is 2.47. The molecule has 0 spiro atoms. The first kappa shape index (κ1) is 15.2. The van der Waals surface area contributed by atoms with Crippen LogP contribution in [0.2, 0.25) is 0 Å². The van der Waals surface area contributed by atoms with Gasteiger partial charge < -0.3 is 4.74 Å². The van der Waals surface area contributed by atoms with Crippen molar-refractivity contribution in [3.8, 4) is 0 Å². The van der Waals surface area contributed by atoms with Crippen LogP contribution < -0.4 is 0 Å². The smallest absolute Gasteiger partial charge is 0.0534 e. The molecule has 0 aromatic heterocycles. The van der Waals surface area contributed by atoms with E-state index in [0.717, 1.165) is 19.1 Å². The van der Waals surface area contributed by atoms with Gasteiger partial charge in [0, 0.05) is 12.5 Å². The molecule has 0 radical (unpaired) electrons. The van der Waals surface area contributed by atoms with E-state index in [4.69, 9.17) is 4.74 Å². The fourth-order valence-electron chi connectivity index (χ4n) is 2.08. The molecule has 0 aliphatic carbocycles. The van der Waals surface area contributed by atoms with Crippen molar-refractivity contribution in [2.24, 2.45) is 5.92 Å². The van der Waals surface area contributed by atoms with Gasteiger partial charge in [0.15, 0.2) is 0 Å². The van der Waals surface area contributed by atoms with E-state index < -0.39 is 0 Å². The van der Waals surface area contributed by atoms with Crippen LogP contribution in [0.25, 0.3) is 0 Å². The first-order valence-electron chi connectivity index (χ1n) is 7.36. The molecule has 0 saturated heterocycles. The third-order valence-corrected chi connectivity index (χ3v) is 3.32. The number of unbranched alkanes of at least 4 members (excludes halogenated alkanes) is 1. The van der Waals surface area contributed by atoms with Gasteiger partial charge in [-0.3, -0.25) is 0 Å². The van der Waals surface area contributed by atoms with Crippen molar-refractivity contribution in [3.63, 3.8) is 0 Å². The predicted octanol–water partition coefficient (Wildman–Crippen LogP) is 5.02. The monoisotopic (exact) mass is 248 g/mol. The van der Waals surface area contributed by atoms with Gasteiger partial charge >= 0.3 is 0 Å².